The number of likely N-dealkylation sites (tertiary alicyclic amines) is 1. The molecule has 0 bridgehead atoms. The van der Waals surface area contributed by atoms with Gasteiger partial charge in [-0.05, 0) is 25.3 Å². The largest absolute Gasteiger partial charge is 0.468 e. The zero-order valence-electron chi connectivity index (χ0n) is 14.7. The van der Waals surface area contributed by atoms with Crippen molar-refractivity contribution in [1.82, 2.24) is 4.90 Å². The highest BCUT2D eigenvalue weighted by Gasteiger charge is 2.60. The van der Waals surface area contributed by atoms with Gasteiger partial charge >= 0.3 is 5.97 Å². The number of halogens is 1. The predicted molar refractivity (Wildman–Crippen MR) is 100 cm³/mol. The van der Waals surface area contributed by atoms with E-state index < -0.39 is 33.5 Å². The van der Waals surface area contributed by atoms with E-state index in [1.165, 1.54) is 18.9 Å². The second-order valence-electron chi connectivity index (χ2n) is 6.10. The lowest BCUT2D eigenvalue weighted by molar-refractivity contribution is -0.159. The normalized spacial score (nSPS) is 22.1. The van der Waals surface area contributed by atoms with Crippen molar-refractivity contribution in [3.8, 4) is 0 Å². The molecule has 1 amide bonds. The standard InChI is InChI=1S/C17H22N2O5S.ClH/c1-17(16(21)24-2)13(11-18)14(25(22)23)19(15(17)20)10-6-9-12-7-4-3-5-8-12;/h3-5,7-8,13H,6,9-11,18H2,1-2H3;1H. The van der Waals surface area contributed by atoms with E-state index in [9.17, 15) is 18.0 Å². The van der Waals surface area contributed by atoms with E-state index in [4.69, 9.17) is 10.5 Å². The van der Waals surface area contributed by atoms with Crippen molar-refractivity contribution in [3.63, 3.8) is 0 Å². The molecule has 2 atom stereocenters. The molecule has 7 nitrogen and oxygen atoms in total. The molecule has 1 saturated heterocycles. The molecule has 0 radical (unpaired) electrons. The fourth-order valence-corrected chi connectivity index (χ4v) is 4.16. The van der Waals surface area contributed by atoms with Crippen LogP contribution in [0.5, 0.6) is 0 Å². The number of carbonyl (C=O) groups is 2. The predicted octanol–water partition coefficient (Wildman–Crippen LogP) is 0.646. The fraction of sp³-hybridized carbons (Fsp3) is 0.471. The summed E-state index contributed by atoms with van der Waals surface area (Å²) in [6.07, 6.45) is 1.25. The number of nitrogens with zero attached hydrogens (tertiary/aromatic N) is 1. The Hall–Kier alpha value is -1.90. The molecule has 9 heteroatoms. The number of aryl methyl sites for hydroxylation is 1. The van der Waals surface area contributed by atoms with Crippen LogP contribution in [0.4, 0.5) is 0 Å². The van der Waals surface area contributed by atoms with Crippen LogP contribution in [-0.2, 0) is 31.0 Å². The Bertz CT molecular complexity index is 789. The first-order valence-electron chi connectivity index (χ1n) is 7.98. The van der Waals surface area contributed by atoms with Crippen molar-refractivity contribution < 1.29 is 22.7 Å². The average molecular weight is 403 g/mol. The molecule has 2 N–H and O–H groups in total. The highest BCUT2D eigenvalue weighted by Crippen LogP contribution is 2.39. The molecule has 0 aliphatic carbocycles. The highest BCUT2D eigenvalue weighted by atomic mass is 35.5. The Morgan fingerprint density at radius 2 is 1.92 bits per heavy atom. The summed E-state index contributed by atoms with van der Waals surface area (Å²) in [6, 6.07) is 9.67. The van der Waals surface area contributed by atoms with E-state index in [1.807, 2.05) is 30.3 Å². The molecule has 0 aromatic heterocycles. The molecule has 1 aliphatic rings. The first-order valence-corrected chi connectivity index (χ1v) is 9.05. The first kappa shape index (κ1) is 22.1. The number of rotatable bonds is 6. The molecule has 1 heterocycles. The maximum absolute atomic E-state index is 12.8. The molecule has 144 valence electrons. The zero-order valence-corrected chi connectivity index (χ0v) is 16.3. The highest BCUT2D eigenvalue weighted by molar-refractivity contribution is 7.73. The molecular weight excluding hydrogens is 380 g/mol. The van der Waals surface area contributed by atoms with Crippen molar-refractivity contribution in [2.45, 2.75) is 19.8 Å². The van der Waals surface area contributed by atoms with E-state index in [0.717, 1.165) is 5.56 Å². The third-order valence-electron chi connectivity index (χ3n) is 4.66. The Balaban J connectivity index is 0.00000338. The Morgan fingerprint density at radius 1 is 1.31 bits per heavy atom. The van der Waals surface area contributed by atoms with Gasteiger partial charge in [0.1, 0.15) is 4.99 Å². The number of benzene rings is 1. The number of hydrogen-bond donors (Lipinski definition) is 1. The van der Waals surface area contributed by atoms with Gasteiger partial charge in [-0.15, -0.1) is 12.4 Å². The van der Waals surface area contributed by atoms with Crippen molar-refractivity contribution in [2.75, 3.05) is 20.2 Å². The van der Waals surface area contributed by atoms with Gasteiger partial charge in [-0.2, -0.15) is 8.42 Å². The summed E-state index contributed by atoms with van der Waals surface area (Å²) in [6.45, 7) is 1.44. The Kier molecular flexibility index (Phi) is 7.80. The zero-order chi connectivity index (χ0) is 18.6. The summed E-state index contributed by atoms with van der Waals surface area (Å²) < 4.78 is 28.2. The van der Waals surface area contributed by atoms with Gasteiger partial charge < -0.3 is 15.4 Å². The topological polar surface area (TPSA) is 107 Å². The summed E-state index contributed by atoms with van der Waals surface area (Å²) in [4.78, 5) is 26.1. The van der Waals surface area contributed by atoms with E-state index in [2.05, 4.69) is 0 Å². The molecule has 2 rings (SSSR count). The van der Waals surface area contributed by atoms with E-state index in [1.54, 1.807) is 0 Å². The van der Waals surface area contributed by atoms with Crippen LogP contribution in [0.1, 0.15) is 18.9 Å². The third-order valence-corrected chi connectivity index (χ3v) is 5.50. The minimum atomic E-state index is -2.65. The minimum absolute atomic E-state index is 0. The van der Waals surface area contributed by atoms with E-state index in [0.29, 0.717) is 12.8 Å². The van der Waals surface area contributed by atoms with E-state index in [-0.39, 0.29) is 30.5 Å². The second kappa shape index (κ2) is 9.16. The summed E-state index contributed by atoms with van der Waals surface area (Å²) in [5.74, 6) is -2.29. The summed E-state index contributed by atoms with van der Waals surface area (Å²) in [5, 5.41) is 0. The molecule has 1 aliphatic heterocycles. The van der Waals surface area contributed by atoms with Gasteiger partial charge in [0, 0.05) is 13.1 Å². The number of carbonyl (C=O) groups excluding carboxylic acids is 2. The number of methoxy groups -OCH3 is 1. The lowest BCUT2D eigenvalue weighted by atomic mass is 9.79. The maximum atomic E-state index is 12.8. The molecular formula is C17H23ClN2O5S. The lowest BCUT2D eigenvalue weighted by Crippen LogP contribution is -2.44. The average Bonchev–Trinajstić information content (AvgIpc) is 2.84. The molecule has 0 spiro atoms. The van der Waals surface area contributed by atoms with Crippen molar-refractivity contribution in [1.29, 1.82) is 0 Å². The molecule has 1 fully saturated rings. The minimum Gasteiger partial charge on any atom is -0.468 e. The van der Waals surface area contributed by atoms with Gasteiger partial charge in [0.15, 0.2) is 5.41 Å². The van der Waals surface area contributed by atoms with Gasteiger partial charge in [-0.25, -0.2) is 0 Å². The number of hydrogen-bond acceptors (Lipinski definition) is 6. The number of nitrogens with two attached hydrogens (primary N) is 1. The Labute approximate surface area is 160 Å². The number of esters is 1. The first-order chi connectivity index (χ1) is 11.9. The van der Waals surface area contributed by atoms with Crippen LogP contribution >= 0.6 is 12.4 Å². The van der Waals surface area contributed by atoms with Gasteiger partial charge in [0.25, 0.3) is 0 Å². The SMILES string of the molecule is COC(=O)C1(C)C(=O)N(CCCc2ccccc2)C(=S(=O)=O)C1CN.Cl. The van der Waals surface area contributed by atoms with Crippen LogP contribution in [0.25, 0.3) is 0 Å². The fourth-order valence-electron chi connectivity index (χ4n) is 3.25. The van der Waals surface area contributed by atoms with Crippen LogP contribution in [0.3, 0.4) is 0 Å². The molecule has 26 heavy (non-hydrogen) atoms. The third kappa shape index (κ3) is 3.92. The van der Waals surface area contributed by atoms with Crippen molar-refractivity contribution in [2.24, 2.45) is 17.1 Å². The van der Waals surface area contributed by atoms with Crippen LogP contribution < -0.4 is 5.73 Å². The number of ether oxygens (including phenoxy) is 1. The van der Waals surface area contributed by atoms with Crippen LogP contribution in [0.15, 0.2) is 30.3 Å². The van der Waals surface area contributed by atoms with Gasteiger partial charge in [-0.3, -0.25) is 9.59 Å². The summed E-state index contributed by atoms with van der Waals surface area (Å²) in [5.41, 5.74) is 5.16. The monoisotopic (exact) mass is 402 g/mol. The smallest absolute Gasteiger partial charge is 0.321 e. The van der Waals surface area contributed by atoms with Crippen molar-refractivity contribution >= 4 is 39.6 Å². The van der Waals surface area contributed by atoms with Crippen molar-refractivity contribution in [3.05, 3.63) is 35.9 Å². The van der Waals surface area contributed by atoms with Gasteiger partial charge in [0.2, 0.25) is 16.2 Å². The second-order valence-corrected chi connectivity index (χ2v) is 6.99. The lowest BCUT2D eigenvalue weighted by Gasteiger charge is -2.23. The van der Waals surface area contributed by atoms with Crippen LogP contribution in [0.2, 0.25) is 0 Å². The Morgan fingerprint density at radius 3 is 2.42 bits per heavy atom. The molecule has 1 aromatic rings. The summed E-state index contributed by atoms with van der Waals surface area (Å²) in [7, 11) is -1.48. The summed E-state index contributed by atoms with van der Waals surface area (Å²) >= 11 is 0. The molecule has 1 aromatic carbocycles. The maximum Gasteiger partial charge on any atom is 0.321 e. The van der Waals surface area contributed by atoms with Gasteiger partial charge in [0.05, 0.1) is 13.0 Å². The van der Waals surface area contributed by atoms with Gasteiger partial charge in [-0.1, -0.05) is 30.3 Å². The van der Waals surface area contributed by atoms with Crippen LogP contribution in [-0.4, -0.2) is 50.4 Å². The number of amides is 1. The quantitative estimate of drug-likeness (QED) is 0.425. The van der Waals surface area contributed by atoms with Crippen LogP contribution in [0, 0.1) is 11.3 Å². The molecule has 0 saturated carbocycles. The van der Waals surface area contributed by atoms with E-state index >= 15 is 0 Å². The molecule has 2 unspecified atom stereocenters.